The summed E-state index contributed by atoms with van der Waals surface area (Å²) in [5.74, 6) is -2.60. The van der Waals surface area contributed by atoms with Crippen LogP contribution in [-0.2, 0) is 14.3 Å². The molecule has 0 spiro atoms. The van der Waals surface area contributed by atoms with Crippen molar-refractivity contribution < 1.29 is 23.5 Å². The van der Waals surface area contributed by atoms with Crippen molar-refractivity contribution in [1.29, 1.82) is 0 Å². The van der Waals surface area contributed by atoms with E-state index in [1.807, 2.05) is 4.90 Å². The van der Waals surface area contributed by atoms with Gasteiger partial charge in [-0.1, -0.05) is 11.6 Å². The van der Waals surface area contributed by atoms with Gasteiger partial charge in [-0.25, -0.2) is 4.39 Å². The predicted octanol–water partition coefficient (Wildman–Crippen LogP) is 2.24. The molecule has 0 radical (unpaired) electrons. The first-order chi connectivity index (χ1) is 11.9. The van der Waals surface area contributed by atoms with Crippen LogP contribution in [-0.4, -0.2) is 48.9 Å². The minimum absolute atomic E-state index is 0.0602. The molecule has 0 saturated carbocycles. The molecule has 1 fully saturated rings. The molecule has 0 unspecified atom stereocenters. The molecule has 8 heteroatoms. The Morgan fingerprint density at radius 1 is 1.32 bits per heavy atom. The lowest BCUT2D eigenvalue weighted by Gasteiger charge is -2.33. The van der Waals surface area contributed by atoms with E-state index < -0.39 is 17.5 Å². The van der Waals surface area contributed by atoms with E-state index in [2.05, 4.69) is 0 Å². The number of likely N-dealkylation sites (tertiary alicyclic amines) is 1. The minimum atomic E-state index is -0.791. The summed E-state index contributed by atoms with van der Waals surface area (Å²) in [6.07, 6.45) is 1.19. The Balaban J connectivity index is 1.71. The first kappa shape index (κ1) is 17.8. The Labute approximate surface area is 149 Å². The number of carbonyl (C=O) groups excluding carboxylic acids is 3. The fourth-order valence-corrected chi connectivity index (χ4v) is 3.50. The van der Waals surface area contributed by atoms with Crippen LogP contribution < -0.4 is 4.90 Å². The zero-order chi connectivity index (χ0) is 18.1. The quantitative estimate of drug-likeness (QED) is 0.602. The SMILES string of the molecule is CCOC(=O)C1CCN(CN2C(=O)C(=O)c3c(Cl)ccc(F)c32)CC1. The second kappa shape index (κ2) is 7.09. The molecule has 25 heavy (non-hydrogen) atoms. The van der Waals surface area contributed by atoms with Gasteiger partial charge in [-0.3, -0.25) is 24.2 Å². The lowest BCUT2D eigenvalue weighted by atomic mass is 9.97. The van der Waals surface area contributed by atoms with Gasteiger partial charge < -0.3 is 4.74 Å². The number of halogens is 2. The highest BCUT2D eigenvalue weighted by Gasteiger charge is 2.41. The van der Waals surface area contributed by atoms with Crippen LogP contribution in [0.4, 0.5) is 10.1 Å². The van der Waals surface area contributed by atoms with E-state index in [1.165, 1.54) is 6.07 Å². The molecule has 0 bridgehead atoms. The van der Waals surface area contributed by atoms with Gasteiger partial charge in [0.1, 0.15) is 5.82 Å². The average Bonchev–Trinajstić information content (AvgIpc) is 2.85. The van der Waals surface area contributed by atoms with Crippen molar-refractivity contribution in [2.24, 2.45) is 5.92 Å². The summed E-state index contributed by atoms with van der Waals surface area (Å²) in [4.78, 5) is 39.2. The number of hydrogen-bond donors (Lipinski definition) is 0. The Morgan fingerprint density at radius 2 is 2.00 bits per heavy atom. The monoisotopic (exact) mass is 368 g/mol. The smallest absolute Gasteiger partial charge is 0.309 e. The summed E-state index contributed by atoms with van der Waals surface area (Å²) in [5.41, 5.74) is -0.136. The van der Waals surface area contributed by atoms with Crippen LogP contribution in [0.25, 0.3) is 0 Å². The minimum Gasteiger partial charge on any atom is -0.466 e. The number of Topliss-reactive ketones (excluding diaryl/α,β-unsaturated/α-hetero) is 1. The molecule has 2 aliphatic rings. The Morgan fingerprint density at radius 3 is 2.64 bits per heavy atom. The predicted molar refractivity (Wildman–Crippen MR) is 89.0 cm³/mol. The molecule has 134 valence electrons. The van der Waals surface area contributed by atoms with Gasteiger partial charge in [0.05, 0.1) is 35.5 Å². The average molecular weight is 369 g/mol. The topological polar surface area (TPSA) is 66.9 Å². The fourth-order valence-electron chi connectivity index (χ4n) is 3.26. The molecule has 2 heterocycles. The lowest BCUT2D eigenvalue weighted by molar-refractivity contribution is -0.149. The van der Waals surface area contributed by atoms with Crippen molar-refractivity contribution in [2.45, 2.75) is 19.8 Å². The van der Waals surface area contributed by atoms with Crippen LogP contribution in [0.5, 0.6) is 0 Å². The van der Waals surface area contributed by atoms with E-state index in [0.717, 1.165) is 11.0 Å². The van der Waals surface area contributed by atoms with Gasteiger partial charge in [0.25, 0.3) is 5.78 Å². The third-order valence-corrected chi connectivity index (χ3v) is 4.88. The van der Waals surface area contributed by atoms with E-state index in [0.29, 0.717) is 32.5 Å². The Bertz CT molecular complexity index is 732. The van der Waals surface area contributed by atoms with Gasteiger partial charge in [-0.05, 0) is 31.9 Å². The van der Waals surface area contributed by atoms with Crippen LogP contribution in [0.15, 0.2) is 12.1 Å². The highest BCUT2D eigenvalue weighted by atomic mass is 35.5. The van der Waals surface area contributed by atoms with Gasteiger partial charge in [0.2, 0.25) is 0 Å². The summed E-state index contributed by atoms with van der Waals surface area (Å²) >= 11 is 5.96. The van der Waals surface area contributed by atoms with Gasteiger partial charge in [-0.15, -0.1) is 0 Å². The van der Waals surface area contributed by atoms with Crippen molar-refractivity contribution in [3.63, 3.8) is 0 Å². The van der Waals surface area contributed by atoms with Crippen molar-refractivity contribution in [3.8, 4) is 0 Å². The van der Waals surface area contributed by atoms with Crippen LogP contribution in [0.3, 0.4) is 0 Å². The zero-order valence-electron chi connectivity index (χ0n) is 13.8. The Kier molecular flexibility index (Phi) is 5.06. The molecule has 2 aliphatic heterocycles. The molecule has 0 N–H and O–H groups in total. The number of ether oxygens (including phenoxy) is 1. The molecule has 0 atom stereocenters. The molecule has 3 rings (SSSR count). The second-order valence-electron chi connectivity index (χ2n) is 6.10. The number of benzene rings is 1. The molecule has 0 aliphatic carbocycles. The number of esters is 1. The van der Waals surface area contributed by atoms with Gasteiger partial charge in [0.15, 0.2) is 0 Å². The van der Waals surface area contributed by atoms with Crippen molar-refractivity contribution >= 4 is 34.9 Å². The van der Waals surface area contributed by atoms with Crippen molar-refractivity contribution in [3.05, 3.63) is 28.5 Å². The summed E-state index contributed by atoms with van der Waals surface area (Å²) in [6, 6.07) is 2.42. The molecule has 1 aromatic rings. The van der Waals surface area contributed by atoms with Crippen molar-refractivity contribution in [2.75, 3.05) is 31.3 Å². The normalized spacial score (nSPS) is 18.6. The van der Waals surface area contributed by atoms with Crippen molar-refractivity contribution in [1.82, 2.24) is 4.90 Å². The number of anilines is 1. The number of amides is 1. The first-order valence-electron chi connectivity index (χ1n) is 8.17. The van der Waals surface area contributed by atoms with E-state index in [4.69, 9.17) is 16.3 Å². The van der Waals surface area contributed by atoms with E-state index in [9.17, 15) is 18.8 Å². The Hall–Kier alpha value is -1.99. The third kappa shape index (κ3) is 3.26. The number of ketones is 1. The maximum atomic E-state index is 14.2. The van der Waals surface area contributed by atoms with E-state index >= 15 is 0 Å². The first-order valence-corrected chi connectivity index (χ1v) is 8.55. The maximum Gasteiger partial charge on any atom is 0.309 e. The largest absolute Gasteiger partial charge is 0.466 e. The molecular weight excluding hydrogens is 351 g/mol. The number of rotatable bonds is 4. The second-order valence-corrected chi connectivity index (χ2v) is 6.51. The van der Waals surface area contributed by atoms with Gasteiger partial charge in [0, 0.05) is 13.1 Å². The number of fused-ring (bicyclic) bond motifs is 1. The van der Waals surface area contributed by atoms with Crippen LogP contribution >= 0.6 is 11.6 Å². The molecular formula is C17H18ClFN2O4. The fraction of sp³-hybridized carbons (Fsp3) is 0.471. The number of hydrogen-bond acceptors (Lipinski definition) is 5. The summed E-state index contributed by atoms with van der Waals surface area (Å²) in [7, 11) is 0. The highest BCUT2D eigenvalue weighted by Crippen LogP contribution is 2.37. The maximum absolute atomic E-state index is 14.2. The molecule has 1 saturated heterocycles. The van der Waals surface area contributed by atoms with Gasteiger partial charge >= 0.3 is 11.9 Å². The summed E-state index contributed by atoms with van der Waals surface area (Å²) in [5, 5.41) is 0.0678. The van der Waals surface area contributed by atoms with Gasteiger partial charge in [-0.2, -0.15) is 0 Å². The summed E-state index contributed by atoms with van der Waals surface area (Å²) < 4.78 is 19.2. The number of nitrogens with zero attached hydrogens (tertiary/aromatic N) is 2. The standard InChI is InChI=1S/C17H18ClFN2O4/c1-2-25-17(24)10-5-7-20(8-6-10)9-21-14-12(19)4-3-11(18)13(14)15(22)16(21)23/h3-4,10H,2,5-9H2,1H3. The molecule has 0 aromatic heterocycles. The molecule has 6 nitrogen and oxygen atoms in total. The summed E-state index contributed by atoms with van der Waals surface area (Å²) in [6.45, 7) is 3.31. The highest BCUT2D eigenvalue weighted by molar-refractivity contribution is 6.55. The van der Waals surface area contributed by atoms with Crippen LogP contribution in [0, 0.1) is 11.7 Å². The number of piperidine rings is 1. The molecule has 1 amide bonds. The van der Waals surface area contributed by atoms with E-state index in [1.54, 1.807) is 6.92 Å². The number of carbonyl (C=O) groups is 3. The van der Waals surface area contributed by atoms with Crippen LogP contribution in [0.1, 0.15) is 30.1 Å². The van der Waals surface area contributed by atoms with Crippen LogP contribution in [0.2, 0.25) is 5.02 Å². The molecule has 1 aromatic carbocycles. The van der Waals surface area contributed by atoms with E-state index in [-0.39, 0.29) is 34.8 Å². The lowest BCUT2D eigenvalue weighted by Crippen LogP contribution is -2.45. The zero-order valence-corrected chi connectivity index (χ0v) is 14.5. The third-order valence-electron chi connectivity index (χ3n) is 4.56.